The monoisotopic (exact) mass is 315 g/mol. The van der Waals surface area contributed by atoms with Crippen LogP contribution in [0.5, 0.6) is 11.6 Å². The third-order valence-electron chi connectivity index (χ3n) is 2.21. The van der Waals surface area contributed by atoms with Crippen LogP contribution in [0.2, 0.25) is 0 Å². The summed E-state index contributed by atoms with van der Waals surface area (Å²) in [4.78, 5) is 14.3. The summed E-state index contributed by atoms with van der Waals surface area (Å²) in [6.07, 6.45) is -8.60. The maximum atomic E-state index is 12.9. The van der Waals surface area contributed by atoms with E-state index >= 15 is 0 Å². The minimum Gasteiger partial charge on any atom is -0.503 e. The lowest BCUT2D eigenvalue weighted by atomic mass is 10.1. The van der Waals surface area contributed by atoms with Crippen LogP contribution in [-0.2, 0) is 16.0 Å². The van der Waals surface area contributed by atoms with E-state index in [1.54, 1.807) is 0 Å². The molecule has 0 aromatic carbocycles. The van der Waals surface area contributed by atoms with Crippen molar-refractivity contribution in [1.29, 1.82) is 0 Å². The van der Waals surface area contributed by atoms with Crippen LogP contribution in [0, 0.1) is 0 Å². The fraction of sp³-hybridized carbons (Fsp3) is 0.455. The standard InChI is InChI=1S/C11H10F5NO4/c1-2-20-6(18)3-5-4-17-10(21-11(14,15)16)8(19)7(5)9(12)13/h4,9,19H,2-3H2,1H3. The maximum absolute atomic E-state index is 12.9. The Labute approximate surface area is 115 Å². The first-order valence-corrected chi connectivity index (χ1v) is 5.56. The second-order valence-electron chi connectivity index (χ2n) is 3.68. The molecule has 118 valence electrons. The van der Waals surface area contributed by atoms with Gasteiger partial charge in [-0.05, 0) is 12.5 Å². The number of aromatic nitrogens is 1. The van der Waals surface area contributed by atoms with E-state index in [0.717, 1.165) is 0 Å². The van der Waals surface area contributed by atoms with Gasteiger partial charge in [-0.15, -0.1) is 13.2 Å². The topological polar surface area (TPSA) is 68.7 Å². The lowest BCUT2D eigenvalue weighted by Crippen LogP contribution is -2.19. The number of carbonyl (C=O) groups is 1. The van der Waals surface area contributed by atoms with Gasteiger partial charge in [0.2, 0.25) is 0 Å². The second-order valence-corrected chi connectivity index (χ2v) is 3.68. The normalized spacial score (nSPS) is 11.6. The summed E-state index contributed by atoms with van der Waals surface area (Å²) < 4.78 is 69.7. The SMILES string of the molecule is CCOC(=O)Cc1cnc(OC(F)(F)F)c(O)c1C(F)F. The Morgan fingerprint density at radius 3 is 2.52 bits per heavy atom. The Hall–Kier alpha value is -2.13. The van der Waals surface area contributed by atoms with E-state index in [2.05, 4.69) is 14.5 Å². The van der Waals surface area contributed by atoms with Gasteiger partial charge in [0.05, 0.1) is 18.6 Å². The highest BCUT2D eigenvalue weighted by atomic mass is 19.4. The number of alkyl halides is 5. The van der Waals surface area contributed by atoms with Gasteiger partial charge in [0, 0.05) is 6.20 Å². The van der Waals surface area contributed by atoms with Gasteiger partial charge in [0.25, 0.3) is 12.3 Å². The molecule has 0 amide bonds. The molecule has 1 aromatic rings. The molecule has 1 aromatic heterocycles. The summed E-state index contributed by atoms with van der Waals surface area (Å²) in [5.41, 5.74) is -1.60. The molecule has 0 unspecified atom stereocenters. The highest BCUT2D eigenvalue weighted by Gasteiger charge is 2.35. The lowest BCUT2D eigenvalue weighted by molar-refractivity contribution is -0.276. The third kappa shape index (κ3) is 4.72. The first-order valence-electron chi connectivity index (χ1n) is 5.56. The molecule has 0 saturated carbocycles. The van der Waals surface area contributed by atoms with Crippen molar-refractivity contribution >= 4 is 5.97 Å². The molecular formula is C11H10F5NO4. The number of halogens is 5. The zero-order valence-corrected chi connectivity index (χ0v) is 10.6. The third-order valence-corrected chi connectivity index (χ3v) is 2.21. The quantitative estimate of drug-likeness (QED) is 0.668. The molecule has 0 saturated heterocycles. The molecule has 0 spiro atoms. The molecule has 1 heterocycles. The van der Waals surface area contributed by atoms with Gasteiger partial charge in [0.15, 0.2) is 5.75 Å². The average Bonchev–Trinajstić information content (AvgIpc) is 2.31. The van der Waals surface area contributed by atoms with Gasteiger partial charge in [-0.25, -0.2) is 13.8 Å². The van der Waals surface area contributed by atoms with Crippen LogP contribution in [0.4, 0.5) is 22.0 Å². The van der Waals surface area contributed by atoms with Crippen LogP contribution in [0.25, 0.3) is 0 Å². The Kier molecular flexibility index (Phi) is 5.28. The molecule has 0 bridgehead atoms. The predicted molar refractivity (Wildman–Crippen MR) is 57.9 cm³/mol. The number of rotatable bonds is 5. The van der Waals surface area contributed by atoms with Crippen molar-refractivity contribution in [2.24, 2.45) is 0 Å². The smallest absolute Gasteiger partial charge is 0.503 e. The molecule has 0 aliphatic rings. The van der Waals surface area contributed by atoms with E-state index in [1.807, 2.05) is 0 Å². The molecule has 1 rings (SSSR count). The highest BCUT2D eigenvalue weighted by Crippen LogP contribution is 2.39. The van der Waals surface area contributed by atoms with Crippen molar-refractivity contribution < 1.29 is 41.3 Å². The Bertz CT molecular complexity index is 518. The summed E-state index contributed by atoms with van der Waals surface area (Å²) in [6.45, 7) is 1.49. The van der Waals surface area contributed by atoms with Crippen LogP contribution in [0.3, 0.4) is 0 Å². The van der Waals surface area contributed by atoms with Crippen LogP contribution >= 0.6 is 0 Å². The molecule has 0 fully saturated rings. The van der Waals surface area contributed by atoms with Gasteiger partial charge < -0.3 is 14.6 Å². The van der Waals surface area contributed by atoms with Crippen LogP contribution in [0.1, 0.15) is 24.5 Å². The number of aromatic hydroxyl groups is 1. The van der Waals surface area contributed by atoms with Crippen molar-refractivity contribution in [1.82, 2.24) is 4.98 Å². The number of nitrogens with zero attached hydrogens (tertiary/aromatic N) is 1. The molecule has 0 radical (unpaired) electrons. The van der Waals surface area contributed by atoms with Gasteiger partial charge in [0.1, 0.15) is 0 Å². The average molecular weight is 315 g/mol. The predicted octanol–water partition coefficient (Wildman–Crippen LogP) is 2.73. The van der Waals surface area contributed by atoms with Crippen LogP contribution in [0.15, 0.2) is 6.20 Å². The van der Waals surface area contributed by atoms with Crippen molar-refractivity contribution in [3.63, 3.8) is 0 Å². The number of hydrogen-bond donors (Lipinski definition) is 1. The summed E-state index contributed by atoms with van der Waals surface area (Å²) in [7, 11) is 0. The van der Waals surface area contributed by atoms with Gasteiger partial charge in [-0.1, -0.05) is 0 Å². The summed E-state index contributed by atoms with van der Waals surface area (Å²) >= 11 is 0. The molecule has 5 nitrogen and oxygen atoms in total. The molecular weight excluding hydrogens is 305 g/mol. The van der Waals surface area contributed by atoms with Crippen molar-refractivity contribution in [3.05, 3.63) is 17.3 Å². The Morgan fingerprint density at radius 1 is 1.43 bits per heavy atom. The molecule has 0 atom stereocenters. The molecule has 21 heavy (non-hydrogen) atoms. The first kappa shape index (κ1) is 16.9. The van der Waals surface area contributed by atoms with E-state index in [-0.39, 0.29) is 6.61 Å². The fourth-order valence-electron chi connectivity index (χ4n) is 1.47. The van der Waals surface area contributed by atoms with Crippen LogP contribution < -0.4 is 4.74 Å². The molecule has 10 heteroatoms. The molecule has 1 N–H and O–H groups in total. The second kappa shape index (κ2) is 6.55. The van der Waals surface area contributed by atoms with Crippen LogP contribution in [-0.4, -0.2) is 29.0 Å². The summed E-state index contributed by atoms with van der Waals surface area (Å²) in [5, 5.41) is 9.43. The van der Waals surface area contributed by atoms with Crippen molar-refractivity contribution in [2.75, 3.05) is 6.61 Å². The number of carbonyl (C=O) groups excluding carboxylic acids is 1. The summed E-state index contributed by atoms with van der Waals surface area (Å²) in [5.74, 6) is -3.76. The number of hydrogen-bond acceptors (Lipinski definition) is 5. The number of esters is 1. The zero-order chi connectivity index (χ0) is 16.2. The first-order chi connectivity index (χ1) is 9.65. The van der Waals surface area contributed by atoms with Crippen molar-refractivity contribution in [2.45, 2.75) is 26.1 Å². The maximum Gasteiger partial charge on any atom is 0.574 e. The van der Waals surface area contributed by atoms with E-state index in [9.17, 15) is 31.9 Å². The Morgan fingerprint density at radius 2 is 2.05 bits per heavy atom. The molecule has 0 aliphatic carbocycles. The summed E-state index contributed by atoms with van der Waals surface area (Å²) in [6, 6.07) is 0. The number of pyridine rings is 1. The Balaban J connectivity index is 3.17. The minimum absolute atomic E-state index is 0.00246. The van der Waals surface area contributed by atoms with E-state index in [4.69, 9.17) is 0 Å². The van der Waals surface area contributed by atoms with Crippen molar-refractivity contribution in [3.8, 4) is 11.6 Å². The van der Waals surface area contributed by atoms with Gasteiger partial charge in [-0.2, -0.15) is 0 Å². The largest absolute Gasteiger partial charge is 0.574 e. The van der Waals surface area contributed by atoms with E-state index < -0.39 is 47.9 Å². The zero-order valence-electron chi connectivity index (χ0n) is 10.6. The highest BCUT2D eigenvalue weighted by molar-refractivity contribution is 5.73. The minimum atomic E-state index is -5.20. The lowest BCUT2D eigenvalue weighted by Gasteiger charge is -2.14. The number of ether oxygens (including phenoxy) is 2. The van der Waals surface area contributed by atoms with Gasteiger partial charge in [-0.3, -0.25) is 4.79 Å². The molecule has 0 aliphatic heterocycles. The van der Waals surface area contributed by atoms with Gasteiger partial charge >= 0.3 is 12.3 Å². The van der Waals surface area contributed by atoms with E-state index in [1.165, 1.54) is 6.92 Å². The fourth-order valence-corrected chi connectivity index (χ4v) is 1.47. The van der Waals surface area contributed by atoms with E-state index in [0.29, 0.717) is 6.20 Å².